The molecule has 0 fully saturated rings. The van der Waals surface area contributed by atoms with Crippen molar-refractivity contribution in [3.8, 4) is 0 Å². The Balaban J connectivity index is 2.85. The van der Waals surface area contributed by atoms with Crippen molar-refractivity contribution in [1.82, 2.24) is 5.32 Å². The zero-order valence-corrected chi connectivity index (χ0v) is 8.17. The predicted octanol–water partition coefficient (Wildman–Crippen LogP) is 1.86. The first-order chi connectivity index (χ1) is 6.50. The lowest BCUT2D eigenvalue weighted by Crippen LogP contribution is -2.31. The molecule has 0 heterocycles. The SMILES string of the molecule is Cc1ccc([C@@H](C)NC(N)=O)cc1F. The first-order valence-corrected chi connectivity index (χ1v) is 4.32. The van der Waals surface area contributed by atoms with Crippen molar-refractivity contribution in [1.29, 1.82) is 0 Å². The van der Waals surface area contributed by atoms with E-state index in [1.807, 2.05) is 0 Å². The Morgan fingerprint density at radius 3 is 2.71 bits per heavy atom. The summed E-state index contributed by atoms with van der Waals surface area (Å²) in [6, 6.07) is 3.94. The summed E-state index contributed by atoms with van der Waals surface area (Å²) in [5.74, 6) is -0.277. The van der Waals surface area contributed by atoms with Crippen LogP contribution in [-0.4, -0.2) is 6.03 Å². The van der Waals surface area contributed by atoms with Gasteiger partial charge in [-0.05, 0) is 31.0 Å². The van der Waals surface area contributed by atoms with Crippen molar-refractivity contribution in [3.63, 3.8) is 0 Å². The zero-order valence-electron chi connectivity index (χ0n) is 8.17. The minimum Gasteiger partial charge on any atom is -0.352 e. The Bertz CT molecular complexity index is 352. The molecular formula is C10H13FN2O. The van der Waals surface area contributed by atoms with Gasteiger partial charge in [0.25, 0.3) is 0 Å². The van der Waals surface area contributed by atoms with E-state index in [0.29, 0.717) is 11.1 Å². The Labute approximate surface area is 82.1 Å². The number of nitrogens with two attached hydrogens (primary N) is 1. The highest BCUT2D eigenvalue weighted by Gasteiger charge is 2.08. The molecule has 0 aliphatic carbocycles. The molecule has 14 heavy (non-hydrogen) atoms. The van der Waals surface area contributed by atoms with Gasteiger partial charge in [-0.1, -0.05) is 12.1 Å². The Morgan fingerprint density at radius 1 is 1.57 bits per heavy atom. The van der Waals surface area contributed by atoms with Crippen LogP contribution in [0.1, 0.15) is 24.1 Å². The number of rotatable bonds is 2. The predicted molar refractivity (Wildman–Crippen MR) is 52.3 cm³/mol. The summed E-state index contributed by atoms with van der Waals surface area (Å²) in [5, 5.41) is 2.48. The second-order valence-electron chi connectivity index (χ2n) is 3.24. The molecule has 3 N–H and O–H groups in total. The van der Waals surface area contributed by atoms with Gasteiger partial charge in [-0.2, -0.15) is 0 Å². The van der Waals surface area contributed by atoms with Gasteiger partial charge in [0, 0.05) is 0 Å². The molecule has 76 valence electrons. The van der Waals surface area contributed by atoms with Crippen molar-refractivity contribution in [3.05, 3.63) is 35.1 Å². The monoisotopic (exact) mass is 196 g/mol. The smallest absolute Gasteiger partial charge is 0.312 e. The first kappa shape index (κ1) is 10.5. The summed E-state index contributed by atoms with van der Waals surface area (Å²) in [7, 11) is 0. The van der Waals surface area contributed by atoms with E-state index in [0.717, 1.165) is 0 Å². The number of halogens is 1. The second-order valence-corrected chi connectivity index (χ2v) is 3.24. The van der Waals surface area contributed by atoms with Gasteiger partial charge < -0.3 is 11.1 Å². The standard InChI is InChI=1S/C10H13FN2O/c1-6-3-4-8(5-9(6)11)7(2)13-10(12)14/h3-5,7H,1-2H3,(H3,12,13,14)/t7-/m1/s1. The fraction of sp³-hybridized carbons (Fsp3) is 0.300. The minimum absolute atomic E-state index is 0.275. The van der Waals surface area contributed by atoms with Gasteiger partial charge >= 0.3 is 6.03 Å². The molecule has 4 heteroatoms. The molecule has 1 aromatic rings. The maximum Gasteiger partial charge on any atom is 0.312 e. The number of amides is 2. The fourth-order valence-electron chi connectivity index (χ4n) is 1.18. The Hall–Kier alpha value is -1.58. The zero-order chi connectivity index (χ0) is 10.7. The van der Waals surface area contributed by atoms with E-state index in [4.69, 9.17) is 5.73 Å². The molecule has 0 bridgehead atoms. The van der Waals surface area contributed by atoms with Crippen LogP contribution in [0.25, 0.3) is 0 Å². The van der Waals surface area contributed by atoms with E-state index < -0.39 is 6.03 Å². The highest BCUT2D eigenvalue weighted by molar-refractivity contribution is 5.72. The maximum atomic E-state index is 13.1. The number of aryl methyl sites for hydroxylation is 1. The summed E-state index contributed by atoms with van der Waals surface area (Å²) < 4.78 is 13.1. The minimum atomic E-state index is -0.613. The lowest BCUT2D eigenvalue weighted by Gasteiger charge is -2.12. The third-order valence-corrected chi connectivity index (χ3v) is 2.05. The average Bonchev–Trinajstić information content (AvgIpc) is 2.08. The van der Waals surface area contributed by atoms with Crippen LogP contribution in [0.15, 0.2) is 18.2 Å². The molecule has 1 atom stereocenters. The summed E-state index contributed by atoms with van der Waals surface area (Å²) in [6.07, 6.45) is 0. The van der Waals surface area contributed by atoms with Crippen molar-refractivity contribution < 1.29 is 9.18 Å². The highest BCUT2D eigenvalue weighted by atomic mass is 19.1. The molecule has 0 aliphatic rings. The van der Waals surface area contributed by atoms with E-state index in [2.05, 4.69) is 5.32 Å². The number of carbonyl (C=O) groups excluding carboxylic acids is 1. The normalized spacial score (nSPS) is 12.2. The van der Waals surface area contributed by atoms with Crippen molar-refractivity contribution >= 4 is 6.03 Å². The van der Waals surface area contributed by atoms with Crippen LogP contribution in [0.4, 0.5) is 9.18 Å². The van der Waals surface area contributed by atoms with Crippen LogP contribution in [-0.2, 0) is 0 Å². The number of urea groups is 1. The van der Waals surface area contributed by atoms with Crippen LogP contribution in [0.2, 0.25) is 0 Å². The van der Waals surface area contributed by atoms with Crippen LogP contribution >= 0.6 is 0 Å². The molecule has 1 aromatic carbocycles. The lowest BCUT2D eigenvalue weighted by atomic mass is 10.1. The van der Waals surface area contributed by atoms with Gasteiger partial charge in [0.15, 0.2) is 0 Å². The summed E-state index contributed by atoms with van der Waals surface area (Å²) in [5.41, 5.74) is 6.24. The molecule has 3 nitrogen and oxygen atoms in total. The molecule has 0 unspecified atom stereocenters. The van der Waals surface area contributed by atoms with E-state index in [-0.39, 0.29) is 11.9 Å². The van der Waals surface area contributed by atoms with Crippen LogP contribution in [0.3, 0.4) is 0 Å². The van der Waals surface area contributed by atoms with Crippen molar-refractivity contribution in [2.45, 2.75) is 19.9 Å². The molecule has 0 saturated carbocycles. The molecule has 0 saturated heterocycles. The van der Waals surface area contributed by atoms with Gasteiger partial charge in [-0.15, -0.1) is 0 Å². The third-order valence-electron chi connectivity index (χ3n) is 2.05. The van der Waals surface area contributed by atoms with Gasteiger partial charge in [0.1, 0.15) is 5.82 Å². The summed E-state index contributed by atoms with van der Waals surface area (Å²) in [6.45, 7) is 3.43. The average molecular weight is 196 g/mol. The number of benzene rings is 1. The second kappa shape index (κ2) is 4.09. The van der Waals surface area contributed by atoms with Gasteiger partial charge in [0.05, 0.1) is 6.04 Å². The van der Waals surface area contributed by atoms with Crippen LogP contribution in [0.5, 0.6) is 0 Å². The van der Waals surface area contributed by atoms with E-state index in [9.17, 15) is 9.18 Å². The lowest BCUT2D eigenvalue weighted by molar-refractivity contribution is 0.246. The molecule has 1 rings (SSSR count). The number of hydrogen-bond donors (Lipinski definition) is 2. The highest BCUT2D eigenvalue weighted by Crippen LogP contribution is 2.15. The molecule has 0 spiro atoms. The number of nitrogens with one attached hydrogen (secondary N) is 1. The van der Waals surface area contributed by atoms with E-state index in [1.54, 1.807) is 26.0 Å². The van der Waals surface area contributed by atoms with Gasteiger partial charge in [-0.3, -0.25) is 0 Å². The third kappa shape index (κ3) is 2.45. The topological polar surface area (TPSA) is 55.1 Å². The molecule has 0 radical (unpaired) electrons. The van der Waals surface area contributed by atoms with Crippen LogP contribution in [0, 0.1) is 12.7 Å². The Morgan fingerprint density at radius 2 is 2.21 bits per heavy atom. The number of hydrogen-bond acceptors (Lipinski definition) is 1. The first-order valence-electron chi connectivity index (χ1n) is 4.32. The van der Waals surface area contributed by atoms with Gasteiger partial charge in [-0.25, -0.2) is 9.18 Å². The van der Waals surface area contributed by atoms with Crippen molar-refractivity contribution in [2.75, 3.05) is 0 Å². The van der Waals surface area contributed by atoms with E-state index in [1.165, 1.54) is 6.07 Å². The molecule has 2 amide bonds. The largest absolute Gasteiger partial charge is 0.352 e. The Kier molecular flexibility index (Phi) is 3.06. The van der Waals surface area contributed by atoms with Gasteiger partial charge in [0.2, 0.25) is 0 Å². The number of primary amides is 1. The quantitative estimate of drug-likeness (QED) is 0.745. The molecular weight excluding hydrogens is 183 g/mol. The maximum absolute atomic E-state index is 13.1. The van der Waals surface area contributed by atoms with Crippen LogP contribution < -0.4 is 11.1 Å². The summed E-state index contributed by atoms with van der Waals surface area (Å²) in [4.78, 5) is 10.6. The van der Waals surface area contributed by atoms with E-state index >= 15 is 0 Å². The van der Waals surface area contributed by atoms with Crippen molar-refractivity contribution in [2.24, 2.45) is 5.73 Å². The summed E-state index contributed by atoms with van der Waals surface area (Å²) >= 11 is 0. The molecule has 0 aromatic heterocycles. The fourth-order valence-corrected chi connectivity index (χ4v) is 1.18. The molecule has 0 aliphatic heterocycles. The number of carbonyl (C=O) groups is 1.